The summed E-state index contributed by atoms with van der Waals surface area (Å²) in [7, 11) is 1.62. The second-order valence-corrected chi connectivity index (χ2v) is 6.71. The van der Waals surface area contributed by atoms with Gasteiger partial charge in [0.1, 0.15) is 0 Å². The van der Waals surface area contributed by atoms with Gasteiger partial charge >= 0.3 is 0 Å². The lowest BCUT2D eigenvalue weighted by Crippen LogP contribution is -2.14. The zero-order valence-electron chi connectivity index (χ0n) is 11.1. The molecule has 0 saturated heterocycles. The smallest absolute Gasteiger partial charge is 0.255 e. The number of amides is 1. The van der Waals surface area contributed by atoms with Crippen LogP contribution in [0.3, 0.4) is 0 Å². The van der Waals surface area contributed by atoms with E-state index < -0.39 is 0 Å². The standard InChI is InChI=1S/C15H12BrClINO2/c1-21-8-10-11(16)3-2-4-14(10)19-15(20)9-5-6-13(18)12(17)7-9/h2-7H,8H2,1H3,(H,19,20). The minimum atomic E-state index is -0.205. The fraction of sp³-hybridized carbons (Fsp3) is 0.133. The fourth-order valence-electron chi connectivity index (χ4n) is 1.80. The van der Waals surface area contributed by atoms with Gasteiger partial charge in [0.05, 0.1) is 11.6 Å². The van der Waals surface area contributed by atoms with Crippen LogP contribution in [0.5, 0.6) is 0 Å². The number of carbonyl (C=O) groups excluding carboxylic acids is 1. The van der Waals surface area contributed by atoms with Gasteiger partial charge in [0.2, 0.25) is 0 Å². The molecule has 0 radical (unpaired) electrons. The summed E-state index contributed by atoms with van der Waals surface area (Å²) in [5.41, 5.74) is 2.12. The molecule has 2 aromatic rings. The normalized spacial score (nSPS) is 10.5. The molecule has 0 spiro atoms. The molecule has 0 saturated carbocycles. The maximum Gasteiger partial charge on any atom is 0.255 e. The van der Waals surface area contributed by atoms with Crippen LogP contribution in [-0.4, -0.2) is 13.0 Å². The molecule has 0 fully saturated rings. The Labute approximate surface area is 150 Å². The SMILES string of the molecule is COCc1c(Br)cccc1NC(=O)c1ccc(I)c(Cl)c1. The van der Waals surface area contributed by atoms with Crippen LogP contribution in [0.2, 0.25) is 5.02 Å². The molecule has 110 valence electrons. The number of hydrogen-bond donors (Lipinski definition) is 1. The van der Waals surface area contributed by atoms with Gasteiger partial charge < -0.3 is 10.1 Å². The van der Waals surface area contributed by atoms with E-state index in [-0.39, 0.29) is 5.91 Å². The number of benzene rings is 2. The molecule has 21 heavy (non-hydrogen) atoms. The van der Waals surface area contributed by atoms with Gasteiger partial charge in [-0.1, -0.05) is 33.6 Å². The third-order valence-electron chi connectivity index (χ3n) is 2.84. The van der Waals surface area contributed by atoms with Crippen LogP contribution in [0.15, 0.2) is 40.9 Å². The molecule has 3 nitrogen and oxygen atoms in total. The lowest BCUT2D eigenvalue weighted by Gasteiger charge is -2.12. The zero-order valence-corrected chi connectivity index (χ0v) is 15.6. The van der Waals surface area contributed by atoms with Crippen LogP contribution < -0.4 is 5.32 Å². The number of anilines is 1. The Morgan fingerprint density at radius 3 is 2.81 bits per heavy atom. The van der Waals surface area contributed by atoms with Gasteiger partial charge in [-0.2, -0.15) is 0 Å². The van der Waals surface area contributed by atoms with Gasteiger partial charge in [-0.25, -0.2) is 0 Å². The quantitative estimate of drug-likeness (QED) is 0.618. The van der Waals surface area contributed by atoms with Gasteiger partial charge in [-0.15, -0.1) is 0 Å². The molecular formula is C15H12BrClINO2. The van der Waals surface area contributed by atoms with E-state index in [1.165, 1.54) is 0 Å². The largest absolute Gasteiger partial charge is 0.380 e. The van der Waals surface area contributed by atoms with Crippen LogP contribution in [-0.2, 0) is 11.3 Å². The van der Waals surface area contributed by atoms with Crippen molar-refractivity contribution < 1.29 is 9.53 Å². The van der Waals surface area contributed by atoms with Crippen molar-refractivity contribution in [2.75, 3.05) is 12.4 Å². The second kappa shape index (κ2) is 7.58. The summed E-state index contributed by atoms with van der Waals surface area (Å²) in [5, 5.41) is 3.45. The van der Waals surface area contributed by atoms with Crippen LogP contribution in [0, 0.1) is 3.57 Å². The molecular weight excluding hydrogens is 468 g/mol. The van der Waals surface area contributed by atoms with Crippen molar-refractivity contribution in [3.8, 4) is 0 Å². The maximum atomic E-state index is 12.3. The predicted octanol–water partition coefficient (Wildman–Crippen LogP) is 5.11. The number of rotatable bonds is 4. The Morgan fingerprint density at radius 1 is 1.38 bits per heavy atom. The Kier molecular flexibility index (Phi) is 6.04. The third kappa shape index (κ3) is 4.18. The maximum absolute atomic E-state index is 12.3. The monoisotopic (exact) mass is 479 g/mol. The Balaban J connectivity index is 2.27. The first-order valence-corrected chi connectivity index (χ1v) is 8.30. The van der Waals surface area contributed by atoms with E-state index in [1.54, 1.807) is 19.2 Å². The van der Waals surface area contributed by atoms with Crippen LogP contribution in [0.4, 0.5) is 5.69 Å². The summed E-state index contributed by atoms with van der Waals surface area (Å²) in [6.45, 7) is 0.407. The highest BCUT2D eigenvalue weighted by Crippen LogP contribution is 2.26. The second-order valence-electron chi connectivity index (χ2n) is 4.28. The van der Waals surface area contributed by atoms with Crippen molar-refractivity contribution in [2.24, 2.45) is 0 Å². The topological polar surface area (TPSA) is 38.3 Å². The van der Waals surface area contributed by atoms with Crippen molar-refractivity contribution in [2.45, 2.75) is 6.61 Å². The first-order valence-electron chi connectivity index (χ1n) is 6.05. The first kappa shape index (κ1) is 16.7. The van der Waals surface area contributed by atoms with E-state index >= 15 is 0 Å². The van der Waals surface area contributed by atoms with Crippen molar-refractivity contribution in [1.29, 1.82) is 0 Å². The number of hydrogen-bond acceptors (Lipinski definition) is 2. The summed E-state index contributed by atoms with van der Waals surface area (Å²) in [6, 6.07) is 10.8. The van der Waals surface area contributed by atoms with Crippen molar-refractivity contribution in [3.05, 3.63) is 60.6 Å². The average Bonchev–Trinajstić information content (AvgIpc) is 2.45. The average molecular weight is 481 g/mol. The van der Waals surface area contributed by atoms with E-state index in [9.17, 15) is 4.79 Å². The molecule has 0 unspecified atom stereocenters. The number of ether oxygens (including phenoxy) is 1. The minimum absolute atomic E-state index is 0.205. The Morgan fingerprint density at radius 2 is 2.14 bits per heavy atom. The molecule has 0 bridgehead atoms. The predicted molar refractivity (Wildman–Crippen MR) is 97.0 cm³/mol. The highest BCUT2D eigenvalue weighted by molar-refractivity contribution is 14.1. The molecule has 0 atom stereocenters. The molecule has 6 heteroatoms. The fourth-order valence-corrected chi connectivity index (χ4v) is 2.80. The molecule has 0 heterocycles. The van der Waals surface area contributed by atoms with Crippen LogP contribution >= 0.6 is 50.1 Å². The summed E-state index contributed by atoms with van der Waals surface area (Å²) in [4.78, 5) is 12.3. The number of methoxy groups -OCH3 is 1. The number of halogens is 3. The molecule has 0 aromatic heterocycles. The lowest BCUT2D eigenvalue weighted by atomic mass is 10.1. The number of carbonyl (C=O) groups is 1. The molecule has 2 rings (SSSR count). The van der Waals surface area contributed by atoms with Crippen LogP contribution in [0.1, 0.15) is 15.9 Å². The number of nitrogens with one attached hydrogen (secondary N) is 1. The summed E-state index contributed by atoms with van der Waals surface area (Å²) in [5.74, 6) is -0.205. The molecule has 2 aromatic carbocycles. The summed E-state index contributed by atoms with van der Waals surface area (Å²) >= 11 is 11.6. The van der Waals surface area contributed by atoms with E-state index in [0.717, 1.165) is 13.6 Å². The third-order valence-corrected chi connectivity index (χ3v) is 5.15. The van der Waals surface area contributed by atoms with Crippen molar-refractivity contribution >= 4 is 61.7 Å². The van der Waals surface area contributed by atoms with E-state index in [4.69, 9.17) is 16.3 Å². The lowest BCUT2D eigenvalue weighted by molar-refractivity contribution is 0.102. The Bertz CT molecular complexity index is 679. The van der Waals surface area contributed by atoms with Gasteiger partial charge in [-0.3, -0.25) is 4.79 Å². The van der Waals surface area contributed by atoms with E-state index in [1.807, 2.05) is 24.3 Å². The molecule has 0 aliphatic carbocycles. The molecule has 0 aliphatic heterocycles. The zero-order chi connectivity index (χ0) is 15.4. The van der Waals surface area contributed by atoms with Crippen LogP contribution in [0.25, 0.3) is 0 Å². The van der Waals surface area contributed by atoms with E-state index in [0.29, 0.717) is 22.9 Å². The van der Waals surface area contributed by atoms with Crippen molar-refractivity contribution in [1.82, 2.24) is 0 Å². The highest BCUT2D eigenvalue weighted by Gasteiger charge is 2.12. The minimum Gasteiger partial charge on any atom is -0.380 e. The Hall–Kier alpha value is -0.630. The first-order chi connectivity index (χ1) is 10.0. The van der Waals surface area contributed by atoms with Gasteiger partial charge in [-0.05, 0) is 52.9 Å². The van der Waals surface area contributed by atoms with Gasteiger partial charge in [0.15, 0.2) is 0 Å². The highest BCUT2D eigenvalue weighted by atomic mass is 127. The van der Waals surface area contributed by atoms with E-state index in [2.05, 4.69) is 43.8 Å². The molecule has 1 amide bonds. The molecule has 0 aliphatic rings. The summed E-state index contributed by atoms with van der Waals surface area (Å²) < 4.78 is 6.97. The van der Waals surface area contributed by atoms with Crippen molar-refractivity contribution in [3.63, 3.8) is 0 Å². The summed E-state index contributed by atoms with van der Waals surface area (Å²) in [6.07, 6.45) is 0. The molecule has 1 N–H and O–H groups in total. The van der Waals surface area contributed by atoms with Gasteiger partial charge in [0.25, 0.3) is 5.91 Å². The van der Waals surface area contributed by atoms with Gasteiger partial charge in [0, 0.05) is 32.0 Å².